The average Bonchev–Trinajstić information content (AvgIpc) is 3.32. The number of sulfonamides is 1. The Kier molecular flexibility index (Phi) is 4.78. The molecule has 0 bridgehead atoms. The van der Waals surface area contributed by atoms with Crippen LogP contribution in [-0.4, -0.2) is 24.5 Å². The molecule has 0 aliphatic heterocycles. The van der Waals surface area contributed by atoms with Gasteiger partial charge in [0, 0.05) is 30.9 Å². The summed E-state index contributed by atoms with van der Waals surface area (Å²) in [7, 11) is -3.47. The molecule has 0 radical (unpaired) electrons. The molecular formula is C18H25N3O2S. The van der Waals surface area contributed by atoms with Crippen molar-refractivity contribution in [2.24, 2.45) is 0 Å². The van der Waals surface area contributed by atoms with E-state index < -0.39 is 10.0 Å². The molecule has 0 amide bonds. The lowest BCUT2D eigenvalue weighted by molar-refractivity contribution is 0.566. The van der Waals surface area contributed by atoms with E-state index in [1.807, 2.05) is 25.3 Å². The summed E-state index contributed by atoms with van der Waals surface area (Å²) in [4.78, 5) is 4.78. The molecule has 1 fully saturated rings. The largest absolute Gasteiger partial charge is 0.331 e. The zero-order valence-corrected chi connectivity index (χ0v) is 15.3. The van der Waals surface area contributed by atoms with Gasteiger partial charge in [-0.2, -0.15) is 0 Å². The Balaban J connectivity index is 1.64. The standard InChI is InChI=1S/C18H25N3O2S/c1-13(2)15-6-8-17(9-7-15)24(22,23)20-10-11-21-14(3)12-19-18(21)16-4-5-16/h6-9,12-13,16,20H,4-5,10-11H2,1-3H3. The van der Waals surface area contributed by atoms with Gasteiger partial charge in [0.2, 0.25) is 10.0 Å². The minimum Gasteiger partial charge on any atom is -0.331 e. The number of hydrogen-bond acceptors (Lipinski definition) is 3. The van der Waals surface area contributed by atoms with E-state index in [0.717, 1.165) is 17.1 Å². The fourth-order valence-corrected chi connectivity index (χ4v) is 3.87. The molecule has 1 aliphatic rings. The van der Waals surface area contributed by atoms with Gasteiger partial charge in [0.25, 0.3) is 0 Å². The Bertz CT molecular complexity index is 803. The fraction of sp³-hybridized carbons (Fsp3) is 0.500. The van der Waals surface area contributed by atoms with Gasteiger partial charge in [-0.25, -0.2) is 18.1 Å². The summed E-state index contributed by atoms with van der Waals surface area (Å²) >= 11 is 0. The lowest BCUT2D eigenvalue weighted by Crippen LogP contribution is -2.28. The highest BCUT2D eigenvalue weighted by molar-refractivity contribution is 7.89. The molecule has 0 saturated heterocycles. The molecule has 6 heteroatoms. The van der Waals surface area contributed by atoms with Gasteiger partial charge >= 0.3 is 0 Å². The van der Waals surface area contributed by atoms with Crippen LogP contribution in [0.2, 0.25) is 0 Å². The molecule has 1 heterocycles. The van der Waals surface area contributed by atoms with Gasteiger partial charge in [0.05, 0.1) is 4.90 Å². The highest BCUT2D eigenvalue weighted by Gasteiger charge is 2.28. The smallest absolute Gasteiger partial charge is 0.240 e. The van der Waals surface area contributed by atoms with Crippen molar-refractivity contribution < 1.29 is 8.42 Å². The molecule has 2 aromatic rings. The summed E-state index contributed by atoms with van der Waals surface area (Å²) in [5.74, 6) is 2.03. The second-order valence-electron chi connectivity index (χ2n) is 6.81. The molecule has 1 saturated carbocycles. The van der Waals surface area contributed by atoms with Gasteiger partial charge in [-0.1, -0.05) is 26.0 Å². The number of hydrogen-bond donors (Lipinski definition) is 1. The molecule has 1 aliphatic carbocycles. The van der Waals surface area contributed by atoms with Gasteiger partial charge in [0.15, 0.2) is 0 Å². The molecule has 1 aromatic carbocycles. The van der Waals surface area contributed by atoms with Crippen LogP contribution in [-0.2, 0) is 16.6 Å². The van der Waals surface area contributed by atoms with Crippen LogP contribution in [0.1, 0.15) is 55.6 Å². The lowest BCUT2D eigenvalue weighted by Gasteiger charge is -2.12. The molecule has 5 nitrogen and oxygen atoms in total. The Morgan fingerprint density at radius 3 is 2.50 bits per heavy atom. The maximum Gasteiger partial charge on any atom is 0.240 e. The zero-order chi connectivity index (χ0) is 17.3. The van der Waals surface area contributed by atoms with Gasteiger partial charge in [-0.05, 0) is 43.4 Å². The first-order chi connectivity index (χ1) is 11.4. The van der Waals surface area contributed by atoms with Crippen LogP contribution in [0.3, 0.4) is 0 Å². The van der Waals surface area contributed by atoms with Crippen molar-refractivity contribution in [1.82, 2.24) is 14.3 Å². The Labute approximate surface area is 144 Å². The second kappa shape index (κ2) is 6.69. The van der Waals surface area contributed by atoms with Crippen molar-refractivity contribution in [2.45, 2.75) is 56.9 Å². The van der Waals surface area contributed by atoms with Gasteiger partial charge in [-0.3, -0.25) is 0 Å². The number of aryl methyl sites for hydroxylation is 1. The molecule has 0 spiro atoms. The normalized spacial score (nSPS) is 15.2. The first kappa shape index (κ1) is 17.2. The molecule has 1 aromatic heterocycles. The molecule has 0 unspecified atom stereocenters. The van der Waals surface area contributed by atoms with E-state index >= 15 is 0 Å². The first-order valence-electron chi connectivity index (χ1n) is 8.50. The summed E-state index contributed by atoms with van der Waals surface area (Å²) < 4.78 is 29.7. The number of nitrogens with one attached hydrogen (secondary N) is 1. The van der Waals surface area contributed by atoms with Crippen LogP contribution in [0.15, 0.2) is 35.4 Å². The van der Waals surface area contributed by atoms with Gasteiger partial charge in [0.1, 0.15) is 5.82 Å². The Morgan fingerprint density at radius 1 is 1.25 bits per heavy atom. The average molecular weight is 347 g/mol. The van der Waals surface area contributed by atoms with E-state index in [0.29, 0.717) is 29.8 Å². The number of benzene rings is 1. The maximum absolute atomic E-state index is 12.4. The summed E-state index contributed by atoms with van der Waals surface area (Å²) in [6.07, 6.45) is 4.24. The van der Waals surface area contributed by atoms with E-state index in [1.165, 1.54) is 12.8 Å². The number of imidazole rings is 1. The maximum atomic E-state index is 12.4. The Morgan fingerprint density at radius 2 is 1.92 bits per heavy atom. The second-order valence-corrected chi connectivity index (χ2v) is 8.57. The SMILES string of the molecule is Cc1cnc(C2CC2)n1CCNS(=O)(=O)c1ccc(C(C)C)cc1. The molecule has 24 heavy (non-hydrogen) atoms. The summed E-state index contributed by atoms with van der Waals surface area (Å²) in [5.41, 5.74) is 2.22. The number of nitrogens with zero attached hydrogens (tertiary/aromatic N) is 2. The fourth-order valence-electron chi connectivity index (χ4n) is 2.84. The van der Waals surface area contributed by atoms with E-state index in [-0.39, 0.29) is 0 Å². The minimum atomic E-state index is -3.47. The van der Waals surface area contributed by atoms with Gasteiger partial charge in [-0.15, -0.1) is 0 Å². The third-order valence-corrected chi connectivity index (χ3v) is 5.99. The van der Waals surface area contributed by atoms with Gasteiger partial charge < -0.3 is 4.57 Å². The topological polar surface area (TPSA) is 64.0 Å². The summed E-state index contributed by atoms with van der Waals surface area (Å²) in [6, 6.07) is 7.11. The van der Waals surface area contributed by atoms with Crippen LogP contribution < -0.4 is 4.72 Å². The predicted octanol–water partition coefficient (Wildman–Crippen LogP) is 3.17. The quantitative estimate of drug-likeness (QED) is 0.837. The van der Waals surface area contributed by atoms with Crippen molar-refractivity contribution >= 4 is 10.0 Å². The molecular weight excluding hydrogens is 322 g/mol. The molecule has 130 valence electrons. The van der Waals surface area contributed by atoms with Crippen molar-refractivity contribution in [3.8, 4) is 0 Å². The third-order valence-electron chi connectivity index (χ3n) is 4.51. The number of rotatable bonds is 7. The molecule has 1 N–H and O–H groups in total. The monoisotopic (exact) mass is 347 g/mol. The van der Waals surface area contributed by atoms with Crippen LogP contribution >= 0.6 is 0 Å². The number of aromatic nitrogens is 2. The van der Waals surface area contributed by atoms with Crippen molar-refractivity contribution in [1.29, 1.82) is 0 Å². The zero-order valence-electron chi connectivity index (χ0n) is 14.5. The predicted molar refractivity (Wildman–Crippen MR) is 94.7 cm³/mol. The van der Waals surface area contributed by atoms with Crippen LogP contribution in [0.4, 0.5) is 0 Å². The lowest BCUT2D eigenvalue weighted by atomic mass is 10.0. The van der Waals surface area contributed by atoms with E-state index in [4.69, 9.17) is 0 Å². The van der Waals surface area contributed by atoms with Crippen LogP contribution in [0.5, 0.6) is 0 Å². The molecule has 3 rings (SSSR count). The van der Waals surface area contributed by atoms with Crippen molar-refractivity contribution in [3.05, 3.63) is 47.5 Å². The minimum absolute atomic E-state index is 0.316. The highest BCUT2D eigenvalue weighted by atomic mass is 32.2. The highest BCUT2D eigenvalue weighted by Crippen LogP contribution is 2.39. The summed E-state index contributed by atoms with van der Waals surface area (Å²) in [5, 5.41) is 0. The van der Waals surface area contributed by atoms with E-state index in [1.54, 1.807) is 12.1 Å². The van der Waals surface area contributed by atoms with E-state index in [2.05, 4.69) is 28.1 Å². The van der Waals surface area contributed by atoms with Crippen molar-refractivity contribution in [3.63, 3.8) is 0 Å². The third kappa shape index (κ3) is 3.70. The van der Waals surface area contributed by atoms with Crippen LogP contribution in [0.25, 0.3) is 0 Å². The van der Waals surface area contributed by atoms with E-state index in [9.17, 15) is 8.42 Å². The van der Waals surface area contributed by atoms with Crippen LogP contribution in [0, 0.1) is 6.92 Å². The summed E-state index contributed by atoms with van der Waals surface area (Å²) in [6.45, 7) is 7.17. The molecule has 0 atom stereocenters. The first-order valence-corrected chi connectivity index (χ1v) is 9.98. The van der Waals surface area contributed by atoms with Crippen molar-refractivity contribution in [2.75, 3.05) is 6.54 Å². The Hall–Kier alpha value is -1.66.